The van der Waals surface area contributed by atoms with Crippen LogP contribution in [0.3, 0.4) is 0 Å². The quantitative estimate of drug-likeness (QED) is 0.395. The number of hydrogen-bond donors (Lipinski definition) is 2. The second-order valence-electron chi connectivity index (χ2n) is 5.33. The number of rotatable bonds is 3. The topological polar surface area (TPSA) is 61.9 Å². The molecule has 5 heteroatoms. The molecular formula is C15H19N3OS. The Morgan fingerprint density at radius 2 is 2.10 bits per heavy atom. The average Bonchev–Trinajstić information content (AvgIpc) is 2.91. The molecule has 0 spiro atoms. The van der Waals surface area contributed by atoms with Gasteiger partial charge < -0.3 is 10.9 Å². The van der Waals surface area contributed by atoms with E-state index in [2.05, 4.69) is 39.7 Å². The molecule has 0 radical (unpaired) electrons. The van der Waals surface area contributed by atoms with E-state index in [9.17, 15) is 0 Å². The normalized spacial score (nSPS) is 18.7. The molecule has 1 saturated heterocycles. The molecule has 1 aliphatic heterocycles. The van der Waals surface area contributed by atoms with Crippen molar-refractivity contribution in [2.24, 2.45) is 16.8 Å². The smallest absolute Gasteiger partial charge is 0.142 e. The Labute approximate surface area is 122 Å². The summed E-state index contributed by atoms with van der Waals surface area (Å²) in [6.07, 6.45) is 1.94. The maximum absolute atomic E-state index is 8.73. The molecule has 4 nitrogen and oxygen atoms in total. The van der Waals surface area contributed by atoms with Crippen molar-refractivity contribution in [2.45, 2.75) is 19.4 Å². The first-order valence-electron chi connectivity index (χ1n) is 6.93. The van der Waals surface area contributed by atoms with Gasteiger partial charge >= 0.3 is 0 Å². The number of amidine groups is 1. The summed E-state index contributed by atoms with van der Waals surface area (Å²) in [6.45, 7) is 3.00. The van der Waals surface area contributed by atoms with Crippen LogP contribution in [0.2, 0.25) is 0 Å². The van der Waals surface area contributed by atoms with Gasteiger partial charge in [0.2, 0.25) is 0 Å². The summed E-state index contributed by atoms with van der Waals surface area (Å²) in [5.74, 6) is 0.612. The molecule has 2 heterocycles. The fourth-order valence-electron chi connectivity index (χ4n) is 2.86. The number of oxime groups is 1. The highest BCUT2D eigenvalue weighted by molar-refractivity contribution is 7.17. The highest BCUT2D eigenvalue weighted by atomic mass is 32.1. The molecule has 1 aliphatic rings. The van der Waals surface area contributed by atoms with E-state index in [0.29, 0.717) is 5.84 Å². The molecule has 1 aromatic carbocycles. The van der Waals surface area contributed by atoms with Crippen LogP contribution in [0, 0.1) is 5.92 Å². The molecule has 3 rings (SSSR count). The van der Waals surface area contributed by atoms with Gasteiger partial charge in [-0.2, -0.15) is 0 Å². The van der Waals surface area contributed by atoms with Gasteiger partial charge in [0, 0.05) is 17.2 Å². The number of thiophene rings is 1. The largest absolute Gasteiger partial charge is 0.409 e. The zero-order valence-corrected chi connectivity index (χ0v) is 12.1. The van der Waals surface area contributed by atoms with E-state index in [1.807, 2.05) is 11.3 Å². The second-order valence-corrected chi connectivity index (χ2v) is 6.24. The Bertz CT molecular complexity index is 614. The Morgan fingerprint density at radius 3 is 2.85 bits per heavy atom. The molecule has 106 valence electrons. The van der Waals surface area contributed by atoms with Crippen LogP contribution in [0.25, 0.3) is 10.1 Å². The van der Waals surface area contributed by atoms with Gasteiger partial charge in [0.25, 0.3) is 0 Å². The Hall–Kier alpha value is -1.59. The Balaban J connectivity index is 1.65. The summed E-state index contributed by atoms with van der Waals surface area (Å²) in [7, 11) is 0. The van der Waals surface area contributed by atoms with Crippen molar-refractivity contribution in [2.75, 3.05) is 13.1 Å². The van der Waals surface area contributed by atoms with Crippen LogP contribution in [0.5, 0.6) is 0 Å². The number of benzene rings is 1. The number of piperidine rings is 1. The summed E-state index contributed by atoms with van der Waals surface area (Å²) >= 11 is 1.81. The lowest BCUT2D eigenvalue weighted by atomic mass is 9.95. The van der Waals surface area contributed by atoms with Crippen LogP contribution in [0.1, 0.15) is 18.4 Å². The molecule has 1 aromatic heterocycles. The van der Waals surface area contributed by atoms with Crippen molar-refractivity contribution in [3.8, 4) is 0 Å². The number of fused-ring (bicyclic) bond motifs is 1. The summed E-state index contributed by atoms with van der Waals surface area (Å²) < 4.78 is 1.36. The number of nitrogens with two attached hydrogens (primary N) is 1. The summed E-state index contributed by atoms with van der Waals surface area (Å²) in [4.78, 5) is 2.45. The van der Waals surface area contributed by atoms with Crippen molar-refractivity contribution in [1.82, 2.24) is 4.90 Å². The zero-order chi connectivity index (χ0) is 13.9. The molecule has 0 unspecified atom stereocenters. The summed E-state index contributed by atoms with van der Waals surface area (Å²) in [5.41, 5.74) is 7.10. The second kappa shape index (κ2) is 5.81. The van der Waals surface area contributed by atoms with Gasteiger partial charge in [-0.25, -0.2) is 0 Å². The fourth-order valence-corrected chi connectivity index (χ4v) is 3.82. The van der Waals surface area contributed by atoms with Crippen LogP contribution in [-0.2, 0) is 6.54 Å². The lowest BCUT2D eigenvalue weighted by Crippen LogP contribution is -2.38. The molecule has 0 saturated carbocycles. The first-order chi connectivity index (χ1) is 9.78. The van der Waals surface area contributed by atoms with E-state index in [1.165, 1.54) is 15.6 Å². The van der Waals surface area contributed by atoms with Crippen LogP contribution < -0.4 is 5.73 Å². The molecule has 0 bridgehead atoms. The first-order valence-corrected chi connectivity index (χ1v) is 7.81. The van der Waals surface area contributed by atoms with Crippen molar-refractivity contribution in [1.29, 1.82) is 0 Å². The standard InChI is InChI=1S/C15H19N3OS/c16-15(17-19)11-5-7-18(8-6-11)9-12-10-20-14-4-2-1-3-13(12)14/h1-4,10-11,19H,5-9H2,(H2,16,17). The predicted molar refractivity (Wildman–Crippen MR) is 83.2 cm³/mol. The summed E-state index contributed by atoms with van der Waals surface area (Å²) in [6, 6.07) is 8.56. The molecule has 0 aliphatic carbocycles. The Kier molecular flexibility index (Phi) is 3.89. The molecule has 0 amide bonds. The number of nitrogens with zero attached hydrogens (tertiary/aromatic N) is 2. The SMILES string of the molecule is NC(=NO)C1CCN(Cc2csc3ccccc23)CC1. The van der Waals surface area contributed by atoms with Crippen molar-refractivity contribution >= 4 is 27.3 Å². The highest BCUT2D eigenvalue weighted by Gasteiger charge is 2.22. The van der Waals surface area contributed by atoms with Crippen LogP contribution in [0.4, 0.5) is 0 Å². The molecule has 20 heavy (non-hydrogen) atoms. The predicted octanol–water partition coefficient (Wildman–Crippen LogP) is 2.86. The van der Waals surface area contributed by atoms with E-state index in [0.717, 1.165) is 32.5 Å². The monoisotopic (exact) mass is 289 g/mol. The van der Waals surface area contributed by atoms with E-state index in [1.54, 1.807) is 0 Å². The highest BCUT2D eigenvalue weighted by Crippen LogP contribution is 2.28. The van der Waals surface area contributed by atoms with E-state index in [-0.39, 0.29) is 5.92 Å². The van der Waals surface area contributed by atoms with Crippen LogP contribution in [-0.4, -0.2) is 29.0 Å². The third-order valence-electron chi connectivity index (χ3n) is 4.08. The fraction of sp³-hybridized carbons (Fsp3) is 0.400. The van der Waals surface area contributed by atoms with Crippen LogP contribution in [0.15, 0.2) is 34.8 Å². The molecule has 0 atom stereocenters. The van der Waals surface area contributed by atoms with Crippen molar-refractivity contribution in [3.63, 3.8) is 0 Å². The first kappa shape index (κ1) is 13.4. The molecule has 1 fully saturated rings. The minimum absolute atomic E-state index is 0.232. The van der Waals surface area contributed by atoms with Gasteiger partial charge in [-0.3, -0.25) is 4.90 Å². The zero-order valence-electron chi connectivity index (χ0n) is 11.3. The van der Waals surface area contributed by atoms with E-state index >= 15 is 0 Å². The number of likely N-dealkylation sites (tertiary alicyclic amines) is 1. The van der Waals surface area contributed by atoms with Gasteiger partial charge in [-0.15, -0.1) is 11.3 Å². The summed E-state index contributed by atoms with van der Waals surface area (Å²) in [5, 5.41) is 15.5. The molecule has 2 aromatic rings. The van der Waals surface area contributed by atoms with E-state index < -0.39 is 0 Å². The maximum Gasteiger partial charge on any atom is 0.142 e. The number of hydrogen-bond acceptors (Lipinski definition) is 4. The third-order valence-corrected chi connectivity index (χ3v) is 5.09. The van der Waals surface area contributed by atoms with Crippen molar-refractivity contribution in [3.05, 3.63) is 35.2 Å². The van der Waals surface area contributed by atoms with Crippen molar-refractivity contribution < 1.29 is 5.21 Å². The average molecular weight is 289 g/mol. The lowest BCUT2D eigenvalue weighted by molar-refractivity contribution is 0.199. The minimum Gasteiger partial charge on any atom is -0.409 e. The van der Waals surface area contributed by atoms with Gasteiger partial charge in [-0.05, 0) is 48.3 Å². The third kappa shape index (κ3) is 2.64. The van der Waals surface area contributed by atoms with Gasteiger partial charge in [0.15, 0.2) is 0 Å². The van der Waals surface area contributed by atoms with Crippen LogP contribution >= 0.6 is 11.3 Å². The minimum atomic E-state index is 0.232. The molecule has 3 N–H and O–H groups in total. The maximum atomic E-state index is 8.73. The lowest BCUT2D eigenvalue weighted by Gasteiger charge is -2.31. The van der Waals surface area contributed by atoms with Gasteiger partial charge in [-0.1, -0.05) is 23.4 Å². The Morgan fingerprint density at radius 1 is 1.35 bits per heavy atom. The van der Waals surface area contributed by atoms with Gasteiger partial charge in [0.1, 0.15) is 5.84 Å². The molecular weight excluding hydrogens is 270 g/mol. The van der Waals surface area contributed by atoms with Gasteiger partial charge in [0.05, 0.1) is 0 Å². The van der Waals surface area contributed by atoms with E-state index in [4.69, 9.17) is 10.9 Å².